The fourth-order valence-electron chi connectivity index (χ4n) is 2.45. The first kappa shape index (κ1) is 21.1. The smallest absolute Gasteiger partial charge is 0.265 e. The molecule has 150 valence electrons. The zero-order chi connectivity index (χ0) is 21.0. The Morgan fingerprint density at radius 1 is 1.14 bits per heavy atom. The first-order chi connectivity index (χ1) is 13.8. The molecule has 1 amide bonds. The Kier molecular flexibility index (Phi) is 6.41. The molecule has 0 aliphatic rings. The minimum atomic E-state index is -4.04. The van der Waals surface area contributed by atoms with Gasteiger partial charge in [-0.2, -0.15) is 0 Å². The number of anilines is 2. The van der Waals surface area contributed by atoms with Gasteiger partial charge in [0, 0.05) is 22.6 Å². The maximum atomic E-state index is 12.9. The van der Waals surface area contributed by atoms with Gasteiger partial charge in [-0.3, -0.25) is 14.5 Å². The number of ether oxygens (including phenoxy) is 1. The van der Waals surface area contributed by atoms with Gasteiger partial charge in [0.05, 0.1) is 23.4 Å². The standard InChI is InChI=1S/C19H15BrClN3O4S/c1-28-17-7-6-14(23-19(25)12-8-13(20)11-22-10-12)9-18(17)29(26,27)24-16-5-3-2-4-15(16)21/h2-11,24H,1H3,(H,23,25). The highest BCUT2D eigenvalue weighted by Gasteiger charge is 2.22. The lowest BCUT2D eigenvalue weighted by molar-refractivity contribution is 0.102. The number of hydrogen-bond donors (Lipinski definition) is 2. The number of sulfonamides is 1. The zero-order valence-corrected chi connectivity index (χ0v) is 18.2. The van der Waals surface area contributed by atoms with Crippen molar-refractivity contribution in [2.24, 2.45) is 0 Å². The topological polar surface area (TPSA) is 97.4 Å². The predicted octanol–water partition coefficient (Wildman–Crippen LogP) is 4.56. The molecule has 0 spiro atoms. The van der Waals surface area contributed by atoms with E-state index in [1.165, 1.54) is 37.6 Å². The van der Waals surface area contributed by atoms with E-state index in [9.17, 15) is 13.2 Å². The second-order valence-corrected chi connectivity index (χ2v) is 8.77. The molecular formula is C19H15BrClN3O4S. The third-order valence-corrected chi connectivity index (χ3v) is 5.95. The number of carbonyl (C=O) groups excluding carboxylic acids is 1. The predicted molar refractivity (Wildman–Crippen MR) is 115 cm³/mol. The van der Waals surface area contributed by atoms with Gasteiger partial charge in [-0.25, -0.2) is 8.42 Å². The molecule has 1 heterocycles. The van der Waals surface area contributed by atoms with Crippen molar-refractivity contribution in [3.05, 3.63) is 76.0 Å². The van der Waals surface area contributed by atoms with Crippen molar-refractivity contribution in [1.82, 2.24) is 4.98 Å². The number of aromatic nitrogens is 1. The number of amides is 1. The molecule has 0 bridgehead atoms. The minimum absolute atomic E-state index is 0.117. The highest BCUT2D eigenvalue weighted by atomic mass is 79.9. The van der Waals surface area contributed by atoms with Crippen LogP contribution >= 0.6 is 27.5 Å². The SMILES string of the molecule is COc1ccc(NC(=O)c2cncc(Br)c2)cc1S(=O)(=O)Nc1ccccc1Cl. The average molecular weight is 497 g/mol. The van der Waals surface area contributed by atoms with E-state index < -0.39 is 15.9 Å². The lowest BCUT2D eigenvalue weighted by Crippen LogP contribution is -2.16. The minimum Gasteiger partial charge on any atom is -0.495 e. The van der Waals surface area contributed by atoms with Crippen molar-refractivity contribution in [3.63, 3.8) is 0 Å². The van der Waals surface area contributed by atoms with Gasteiger partial charge < -0.3 is 10.1 Å². The Morgan fingerprint density at radius 3 is 2.59 bits per heavy atom. The van der Waals surface area contributed by atoms with Gasteiger partial charge in [0.1, 0.15) is 10.6 Å². The van der Waals surface area contributed by atoms with E-state index in [2.05, 4.69) is 31.0 Å². The van der Waals surface area contributed by atoms with Gasteiger partial charge in [0.25, 0.3) is 15.9 Å². The number of nitrogens with one attached hydrogen (secondary N) is 2. The van der Waals surface area contributed by atoms with E-state index in [-0.39, 0.29) is 27.0 Å². The molecule has 3 aromatic rings. The first-order valence-electron chi connectivity index (χ1n) is 8.17. The average Bonchev–Trinajstić information content (AvgIpc) is 2.69. The molecule has 0 saturated heterocycles. The Balaban J connectivity index is 1.92. The fraction of sp³-hybridized carbons (Fsp3) is 0.0526. The van der Waals surface area contributed by atoms with Crippen molar-refractivity contribution in [1.29, 1.82) is 0 Å². The van der Waals surface area contributed by atoms with Crippen LogP contribution in [0, 0.1) is 0 Å². The number of nitrogens with zero attached hydrogens (tertiary/aromatic N) is 1. The van der Waals surface area contributed by atoms with Crippen molar-refractivity contribution >= 4 is 54.8 Å². The van der Waals surface area contributed by atoms with E-state index in [4.69, 9.17) is 16.3 Å². The molecule has 0 aliphatic heterocycles. The number of halogens is 2. The van der Waals surface area contributed by atoms with Gasteiger partial charge >= 0.3 is 0 Å². The number of rotatable bonds is 6. The molecule has 10 heteroatoms. The van der Waals surface area contributed by atoms with Crippen LogP contribution in [-0.4, -0.2) is 26.4 Å². The van der Waals surface area contributed by atoms with E-state index >= 15 is 0 Å². The largest absolute Gasteiger partial charge is 0.495 e. The zero-order valence-electron chi connectivity index (χ0n) is 15.0. The van der Waals surface area contributed by atoms with Gasteiger partial charge in [-0.05, 0) is 52.3 Å². The fourth-order valence-corrected chi connectivity index (χ4v) is 4.33. The molecule has 0 fully saturated rings. The van der Waals surface area contributed by atoms with Crippen molar-refractivity contribution in [2.75, 3.05) is 17.1 Å². The summed E-state index contributed by atoms with van der Waals surface area (Å²) in [6, 6.07) is 12.4. The molecule has 3 rings (SSSR count). The Bertz CT molecular complexity index is 1170. The molecule has 2 N–H and O–H groups in total. The number of hydrogen-bond acceptors (Lipinski definition) is 5. The molecule has 1 aromatic heterocycles. The number of pyridine rings is 1. The van der Waals surface area contributed by atoms with Gasteiger partial charge in [0.15, 0.2) is 0 Å². The molecule has 0 unspecified atom stereocenters. The molecule has 0 atom stereocenters. The molecule has 7 nitrogen and oxygen atoms in total. The van der Waals surface area contributed by atoms with Crippen LogP contribution in [0.4, 0.5) is 11.4 Å². The molecule has 29 heavy (non-hydrogen) atoms. The third kappa shape index (κ3) is 5.06. The highest BCUT2D eigenvalue weighted by Crippen LogP contribution is 2.31. The maximum Gasteiger partial charge on any atom is 0.265 e. The third-order valence-electron chi connectivity index (χ3n) is 3.80. The van der Waals surface area contributed by atoms with Crippen LogP contribution in [0.15, 0.2) is 70.3 Å². The van der Waals surface area contributed by atoms with Crippen LogP contribution in [0.25, 0.3) is 0 Å². The summed E-state index contributed by atoms with van der Waals surface area (Å²) in [7, 11) is -2.68. The normalized spacial score (nSPS) is 11.0. The quantitative estimate of drug-likeness (QED) is 0.521. The number of carbonyl (C=O) groups is 1. The first-order valence-corrected chi connectivity index (χ1v) is 10.8. The summed E-state index contributed by atoms with van der Waals surface area (Å²) in [6.07, 6.45) is 2.95. The summed E-state index contributed by atoms with van der Waals surface area (Å²) in [6.45, 7) is 0. The number of methoxy groups -OCH3 is 1. The molecule has 2 aromatic carbocycles. The molecule has 0 saturated carbocycles. The van der Waals surface area contributed by atoms with Crippen molar-refractivity contribution < 1.29 is 17.9 Å². The van der Waals surface area contributed by atoms with E-state index in [0.29, 0.717) is 10.0 Å². The Hall–Kier alpha value is -2.62. The lowest BCUT2D eigenvalue weighted by Gasteiger charge is -2.14. The van der Waals surface area contributed by atoms with Crippen LogP contribution in [0.1, 0.15) is 10.4 Å². The molecular weight excluding hydrogens is 482 g/mol. The van der Waals surface area contributed by atoms with Crippen LogP contribution < -0.4 is 14.8 Å². The lowest BCUT2D eigenvalue weighted by atomic mass is 10.2. The molecule has 0 radical (unpaired) electrons. The summed E-state index contributed by atoms with van der Waals surface area (Å²) in [5.74, 6) is -0.321. The summed E-state index contributed by atoms with van der Waals surface area (Å²) in [5, 5.41) is 2.90. The van der Waals surface area contributed by atoms with E-state index in [1.807, 2.05) is 0 Å². The van der Waals surface area contributed by atoms with E-state index in [1.54, 1.807) is 30.5 Å². The summed E-state index contributed by atoms with van der Waals surface area (Å²) < 4.78 is 34.1. The molecule has 0 aliphatic carbocycles. The van der Waals surface area contributed by atoms with Gasteiger partial charge in [-0.15, -0.1) is 0 Å². The summed E-state index contributed by atoms with van der Waals surface area (Å²) >= 11 is 9.30. The van der Waals surface area contributed by atoms with Crippen molar-refractivity contribution in [3.8, 4) is 5.75 Å². The van der Waals surface area contributed by atoms with Crippen LogP contribution in [0.5, 0.6) is 5.75 Å². The van der Waals surface area contributed by atoms with Gasteiger partial charge in [0.2, 0.25) is 0 Å². The monoisotopic (exact) mass is 495 g/mol. The number of para-hydroxylation sites is 1. The second-order valence-electron chi connectivity index (χ2n) is 5.80. The highest BCUT2D eigenvalue weighted by molar-refractivity contribution is 9.10. The van der Waals surface area contributed by atoms with Crippen molar-refractivity contribution in [2.45, 2.75) is 4.90 Å². The summed E-state index contributed by atoms with van der Waals surface area (Å²) in [4.78, 5) is 16.2. The van der Waals surface area contributed by atoms with E-state index in [0.717, 1.165) is 0 Å². The maximum absolute atomic E-state index is 12.9. The number of benzene rings is 2. The van der Waals surface area contributed by atoms with Gasteiger partial charge in [-0.1, -0.05) is 23.7 Å². The van der Waals surface area contributed by atoms with Crippen LogP contribution in [0.2, 0.25) is 5.02 Å². The summed E-state index contributed by atoms with van der Waals surface area (Å²) in [5.41, 5.74) is 0.815. The van der Waals surface area contributed by atoms with Crippen LogP contribution in [0.3, 0.4) is 0 Å². The second kappa shape index (κ2) is 8.81. The Labute approximate surface area is 181 Å². The van der Waals surface area contributed by atoms with Crippen LogP contribution in [-0.2, 0) is 10.0 Å². The Morgan fingerprint density at radius 2 is 1.90 bits per heavy atom.